The summed E-state index contributed by atoms with van der Waals surface area (Å²) in [6.07, 6.45) is -0.726. The van der Waals surface area contributed by atoms with Gasteiger partial charge in [-0.1, -0.05) is 41.6 Å². The average Bonchev–Trinajstić information content (AvgIpc) is 2.72. The molecular weight excluding hydrogens is 350 g/mol. The maximum Gasteiger partial charge on any atom is 0.338 e. The van der Waals surface area contributed by atoms with Crippen molar-refractivity contribution in [1.29, 1.82) is 0 Å². The first-order valence-electron chi connectivity index (χ1n) is 8.33. The number of aliphatic hydroxyl groups excluding tert-OH is 1. The lowest BCUT2D eigenvalue weighted by molar-refractivity contribution is -0.0408. The van der Waals surface area contributed by atoms with E-state index in [1.54, 1.807) is 60.7 Å². The number of carbonyl (C=O) groups is 2. The predicted octanol–water partition coefficient (Wildman–Crippen LogP) is 2.45. The Kier molecular flexibility index (Phi) is 7.99. The topological polar surface area (TPSA) is 94.4 Å². The van der Waals surface area contributed by atoms with Gasteiger partial charge in [0.15, 0.2) is 0 Å². The fraction of sp³-hybridized carbons (Fsp3) is 0.250. The number of rotatable bonds is 9. The number of ether oxygens (including phenoxy) is 2. The molecule has 0 aliphatic heterocycles. The van der Waals surface area contributed by atoms with Gasteiger partial charge in [-0.15, -0.1) is 0 Å². The fourth-order valence-corrected chi connectivity index (χ4v) is 2.21. The van der Waals surface area contributed by atoms with Crippen molar-refractivity contribution in [3.8, 4) is 0 Å². The lowest BCUT2D eigenvalue weighted by atomic mass is 10.1. The van der Waals surface area contributed by atoms with Crippen LogP contribution in [0.5, 0.6) is 0 Å². The zero-order chi connectivity index (χ0) is 19.5. The van der Waals surface area contributed by atoms with Crippen molar-refractivity contribution >= 4 is 18.2 Å². The van der Waals surface area contributed by atoms with Crippen LogP contribution in [0.25, 0.3) is 0 Å². The Balaban J connectivity index is 1.98. The van der Waals surface area contributed by atoms with Crippen LogP contribution in [-0.4, -0.2) is 49.2 Å². The average molecular weight is 371 g/mol. The van der Waals surface area contributed by atoms with Crippen LogP contribution >= 0.6 is 0 Å². The van der Waals surface area contributed by atoms with Gasteiger partial charge >= 0.3 is 11.9 Å². The highest BCUT2D eigenvalue weighted by molar-refractivity contribution is 5.90. The molecule has 0 radical (unpaired) electrons. The van der Waals surface area contributed by atoms with E-state index in [9.17, 15) is 14.7 Å². The van der Waals surface area contributed by atoms with Crippen molar-refractivity contribution in [3.63, 3.8) is 0 Å². The third-order valence-corrected chi connectivity index (χ3v) is 3.61. The molecule has 0 saturated heterocycles. The highest BCUT2D eigenvalue weighted by Gasteiger charge is 2.25. The lowest BCUT2D eigenvalue weighted by Crippen LogP contribution is -2.36. The maximum atomic E-state index is 12.2. The Morgan fingerprint density at radius 2 is 1.56 bits per heavy atom. The third-order valence-electron chi connectivity index (χ3n) is 3.61. The molecule has 2 unspecified atom stereocenters. The summed E-state index contributed by atoms with van der Waals surface area (Å²) >= 11 is 0. The van der Waals surface area contributed by atoms with Crippen molar-refractivity contribution < 1.29 is 29.0 Å². The second kappa shape index (κ2) is 10.7. The highest BCUT2D eigenvalue weighted by Crippen LogP contribution is 2.11. The second-order valence-electron chi connectivity index (χ2n) is 5.55. The van der Waals surface area contributed by atoms with Gasteiger partial charge in [0.25, 0.3) is 0 Å². The Morgan fingerprint density at radius 3 is 2.11 bits per heavy atom. The van der Waals surface area contributed by atoms with Gasteiger partial charge in [-0.2, -0.15) is 0 Å². The van der Waals surface area contributed by atoms with E-state index in [0.717, 1.165) is 0 Å². The van der Waals surface area contributed by atoms with Crippen LogP contribution in [-0.2, 0) is 14.3 Å². The standard InChI is InChI=1S/C20H21NO6/c1-25-21-13-12-18(27-20(24)16-10-6-3-7-11-16)17(22)14-26-19(23)15-8-4-2-5-9-15/h2-11,13,17-18,22H,12,14H2,1H3. The van der Waals surface area contributed by atoms with Crippen molar-refractivity contribution in [3.05, 3.63) is 71.8 Å². The van der Waals surface area contributed by atoms with Gasteiger partial charge in [-0.25, -0.2) is 9.59 Å². The first-order chi connectivity index (χ1) is 13.1. The van der Waals surface area contributed by atoms with Crippen molar-refractivity contribution in [1.82, 2.24) is 0 Å². The molecule has 7 nitrogen and oxygen atoms in total. The van der Waals surface area contributed by atoms with E-state index < -0.39 is 24.1 Å². The summed E-state index contributed by atoms with van der Waals surface area (Å²) in [4.78, 5) is 28.8. The molecule has 0 saturated carbocycles. The number of nitrogens with zero attached hydrogens (tertiary/aromatic N) is 1. The quantitative estimate of drug-likeness (QED) is 0.413. The van der Waals surface area contributed by atoms with Gasteiger partial charge < -0.3 is 19.4 Å². The molecule has 0 fully saturated rings. The van der Waals surface area contributed by atoms with Gasteiger partial charge in [-0.3, -0.25) is 0 Å². The minimum absolute atomic E-state index is 0.0937. The highest BCUT2D eigenvalue weighted by atomic mass is 16.6. The summed E-state index contributed by atoms with van der Waals surface area (Å²) in [5.41, 5.74) is 0.711. The van der Waals surface area contributed by atoms with E-state index >= 15 is 0 Å². The third kappa shape index (κ3) is 6.56. The van der Waals surface area contributed by atoms with Crippen LogP contribution in [0.1, 0.15) is 27.1 Å². The summed E-state index contributed by atoms with van der Waals surface area (Å²) in [7, 11) is 1.37. The van der Waals surface area contributed by atoms with Crippen LogP contribution in [0.4, 0.5) is 0 Å². The van der Waals surface area contributed by atoms with Gasteiger partial charge in [0.05, 0.1) is 11.1 Å². The van der Waals surface area contributed by atoms with Crippen molar-refractivity contribution in [2.75, 3.05) is 13.7 Å². The maximum absolute atomic E-state index is 12.2. The lowest BCUT2D eigenvalue weighted by Gasteiger charge is -2.21. The number of esters is 2. The van der Waals surface area contributed by atoms with Crippen molar-refractivity contribution in [2.24, 2.45) is 5.16 Å². The molecule has 0 aromatic heterocycles. The largest absolute Gasteiger partial charge is 0.459 e. The molecule has 0 aliphatic carbocycles. The first kappa shape index (κ1) is 20.1. The van der Waals surface area contributed by atoms with E-state index in [1.807, 2.05) is 0 Å². The summed E-state index contributed by atoms with van der Waals surface area (Å²) in [5.74, 6) is -1.17. The van der Waals surface area contributed by atoms with E-state index in [0.29, 0.717) is 11.1 Å². The molecule has 2 aromatic rings. The molecule has 27 heavy (non-hydrogen) atoms. The van der Waals surface area contributed by atoms with Gasteiger partial charge in [0, 0.05) is 12.6 Å². The number of hydrogen-bond acceptors (Lipinski definition) is 7. The van der Waals surface area contributed by atoms with Crippen LogP contribution in [0.2, 0.25) is 0 Å². The Bertz CT molecular complexity index is 748. The predicted molar refractivity (Wildman–Crippen MR) is 98.5 cm³/mol. The Hall–Kier alpha value is -3.19. The van der Waals surface area contributed by atoms with Gasteiger partial charge in [0.2, 0.25) is 0 Å². The zero-order valence-corrected chi connectivity index (χ0v) is 14.9. The zero-order valence-electron chi connectivity index (χ0n) is 14.9. The molecule has 142 valence electrons. The first-order valence-corrected chi connectivity index (χ1v) is 8.33. The second-order valence-corrected chi connectivity index (χ2v) is 5.55. The molecule has 2 aromatic carbocycles. The summed E-state index contributed by atoms with van der Waals surface area (Å²) in [6, 6.07) is 16.8. The number of aliphatic hydroxyl groups is 1. The molecule has 1 N–H and O–H groups in total. The monoisotopic (exact) mass is 371 g/mol. The van der Waals surface area contributed by atoms with E-state index in [-0.39, 0.29) is 13.0 Å². The van der Waals surface area contributed by atoms with Gasteiger partial charge in [-0.05, 0) is 24.3 Å². The molecule has 0 bridgehead atoms. The smallest absolute Gasteiger partial charge is 0.338 e. The normalized spacial score (nSPS) is 13.0. The summed E-state index contributed by atoms with van der Waals surface area (Å²) in [6.45, 7) is -0.332. The molecule has 2 rings (SSSR count). The molecule has 0 amide bonds. The number of carbonyl (C=O) groups excluding carboxylic acids is 2. The van der Waals surface area contributed by atoms with Crippen LogP contribution in [0, 0.1) is 0 Å². The molecule has 0 heterocycles. The number of oxime groups is 1. The van der Waals surface area contributed by atoms with Crippen LogP contribution < -0.4 is 0 Å². The minimum atomic E-state index is -1.23. The Morgan fingerprint density at radius 1 is 1.00 bits per heavy atom. The summed E-state index contributed by atoms with van der Waals surface area (Å²) < 4.78 is 10.5. The Labute approximate surface area is 157 Å². The minimum Gasteiger partial charge on any atom is -0.459 e. The molecule has 2 atom stereocenters. The van der Waals surface area contributed by atoms with Crippen LogP contribution in [0.3, 0.4) is 0 Å². The SMILES string of the molecule is CON=CCC(OC(=O)c1ccccc1)C(O)COC(=O)c1ccccc1. The number of benzene rings is 2. The summed E-state index contributed by atoms with van der Waals surface area (Å²) in [5, 5.41) is 13.9. The van der Waals surface area contributed by atoms with E-state index in [1.165, 1.54) is 13.3 Å². The molecule has 0 spiro atoms. The fourth-order valence-electron chi connectivity index (χ4n) is 2.21. The van der Waals surface area contributed by atoms with E-state index in [2.05, 4.69) is 9.99 Å². The van der Waals surface area contributed by atoms with Crippen LogP contribution in [0.15, 0.2) is 65.8 Å². The number of hydrogen-bond donors (Lipinski definition) is 1. The van der Waals surface area contributed by atoms with E-state index in [4.69, 9.17) is 9.47 Å². The van der Waals surface area contributed by atoms with Gasteiger partial charge in [0.1, 0.15) is 25.9 Å². The molecule has 7 heteroatoms. The molecule has 0 aliphatic rings. The van der Waals surface area contributed by atoms with Crippen molar-refractivity contribution in [2.45, 2.75) is 18.6 Å². The molecular formula is C20H21NO6.